The van der Waals surface area contributed by atoms with Gasteiger partial charge < -0.3 is 4.74 Å². The second-order valence-electron chi connectivity index (χ2n) is 12.0. The van der Waals surface area contributed by atoms with E-state index in [4.69, 9.17) is 4.74 Å². The second-order valence-corrected chi connectivity index (χ2v) is 12.0. The summed E-state index contributed by atoms with van der Waals surface area (Å²) in [4.78, 5) is 13.6. The van der Waals surface area contributed by atoms with Crippen LogP contribution in [0.25, 0.3) is 0 Å². The van der Waals surface area contributed by atoms with Crippen molar-refractivity contribution in [3.8, 4) is 0 Å². The molecule has 0 radical (unpaired) electrons. The predicted molar refractivity (Wildman–Crippen MR) is 106 cm³/mol. The minimum absolute atomic E-state index is 0.0726. The lowest BCUT2D eigenvalue weighted by Crippen LogP contribution is -2.71. The van der Waals surface area contributed by atoms with Crippen LogP contribution in [0.1, 0.15) is 83.1 Å². The zero-order valence-electron chi connectivity index (χ0n) is 18.9. The van der Waals surface area contributed by atoms with E-state index in [0.717, 1.165) is 5.57 Å². The van der Waals surface area contributed by atoms with Gasteiger partial charge in [0.15, 0.2) is 0 Å². The molecular weight excluding hydrogens is 324 g/mol. The highest BCUT2D eigenvalue weighted by Crippen LogP contribution is 2.74. The molecule has 2 unspecified atom stereocenters. The quantitative estimate of drug-likeness (QED) is 0.426. The van der Waals surface area contributed by atoms with Gasteiger partial charge >= 0.3 is 5.97 Å². The largest absolute Gasteiger partial charge is 0.458 e. The Bertz CT molecular complexity index is 675. The predicted octanol–water partition coefficient (Wildman–Crippen LogP) is 5.97. The number of hydrogen-bond donors (Lipinski definition) is 0. The number of carbonyl (C=O) groups excluding carboxylic acids is 1. The van der Waals surface area contributed by atoms with Crippen molar-refractivity contribution in [1.82, 2.24) is 0 Å². The molecule has 148 valence electrons. The summed E-state index contributed by atoms with van der Waals surface area (Å²) < 4.78 is 5.93. The van der Waals surface area contributed by atoms with Crippen molar-refractivity contribution in [2.75, 3.05) is 6.54 Å². The van der Waals surface area contributed by atoms with Crippen molar-refractivity contribution in [2.45, 2.75) is 94.2 Å². The van der Waals surface area contributed by atoms with Crippen LogP contribution < -0.4 is 0 Å². The third kappa shape index (κ3) is 2.66. The van der Waals surface area contributed by atoms with Gasteiger partial charge in [0.2, 0.25) is 5.54 Å². The average Bonchev–Trinajstić information content (AvgIpc) is 2.58. The van der Waals surface area contributed by atoms with Crippen LogP contribution in [0.4, 0.5) is 0 Å². The minimum Gasteiger partial charge on any atom is -0.458 e. The van der Waals surface area contributed by atoms with Crippen LogP contribution in [0.3, 0.4) is 0 Å². The van der Waals surface area contributed by atoms with Crippen LogP contribution in [0.15, 0.2) is 21.4 Å². The molecule has 0 amide bonds. The van der Waals surface area contributed by atoms with Gasteiger partial charge in [-0.1, -0.05) is 62.3 Å². The van der Waals surface area contributed by atoms with Crippen molar-refractivity contribution in [3.63, 3.8) is 0 Å². The number of ether oxygens (including phenoxy) is 1. The van der Waals surface area contributed by atoms with Crippen LogP contribution in [0, 0.1) is 21.7 Å². The molecule has 26 heavy (non-hydrogen) atoms. The molecule has 2 rings (SSSR count). The molecule has 1 heterocycles. The van der Waals surface area contributed by atoms with Crippen molar-refractivity contribution in [2.24, 2.45) is 31.9 Å². The normalized spacial score (nSPS) is 29.5. The van der Waals surface area contributed by atoms with E-state index in [0.29, 0.717) is 6.54 Å². The molecule has 0 saturated heterocycles. The summed E-state index contributed by atoms with van der Waals surface area (Å²) in [5.74, 6) is -0.251. The number of carbonyl (C=O) groups is 1. The molecule has 2 atom stereocenters. The first-order valence-corrected chi connectivity index (χ1v) is 9.71. The molecule has 0 saturated carbocycles. The third-order valence-electron chi connectivity index (χ3n) is 5.66. The van der Waals surface area contributed by atoms with Gasteiger partial charge in [-0.15, -0.1) is 0 Å². The van der Waals surface area contributed by atoms with E-state index in [9.17, 15) is 4.79 Å². The summed E-state index contributed by atoms with van der Waals surface area (Å²) in [6.45, 7) is 26.1. The highest BCUT2D eigenvalue weighted by atomic mass is 16.6. The minimum atomic E-state index is -1.01. The second kappa shape index (κ2) is 5.42. The molecule has 2 aliphatic rings. The summed E-state index contributed by atoms with van der Waals surface area (Å²) in [5, 5.41) is 9.14. The molecule has 0 spiro atoms. The van der Waals surface area contributed by atoms with Gasteiger partial charge in [-0.05, 0) is 48.2 Å². The Kier molecular flexibility index (Phi) is 4.40. The molecule has 1 aliphatic heterocycles. The third-order valence-corrected chi connectivity index (χ3v) is 5.66. The number of hydrogen-bond acceptors (Lipinski definition) is 4. The molecule has 1 aliphatic carbocycles. The first kappa shape index (κ1) is 21.1. The summed E-state index contributed by atoms with van der Waals surface area (Å²) >= 11 is 0. The van der Waals surface area contributed by atoms with Crippen molar-refractivity contribution >= 4 is 5.97 Å². The molecule has 0 aromatic heterocycles. The van der Waals surface area contributed by atoms with Gasteiger partial charge in [-0.25, -0.2) is 4.79 Å². The summed E-state index contributed by atoms with van der Waals surface area (Å²) in [6, 6.07) is 0. The molecule has 0 aromatic carbocycles. The lowest BCUT2D eigenvalue weighted by molar-refractivity contribution is -0.171. The lowest BCUT2D eigenvalue weighted by atomic mass is 9.37. The number of nitrogens with zero attached hydrogens (tertiary/aromatic N) is 2. The van der Waals surface area contributed by atoms with E-state index in [1.807, 2.05) is 20.8 Å². The van der Waals surface area contributed by atoms with Crippen LogP contribution in [0.2, 0.25) is 0 Å². The monoisotopic (exact) mass is 362 g/mol. The van der Waals surface area contributed by atoms with Gasteiger partial charge in [0, 0.05) is 0 Å². The first-order chi connectivity index (χ1) is 11.3. The zero-order chi connectivity index (χ0) is 20.6. The summed E-state index contributed by atoms with van der Waals surface area (Å²) in [7, 11) is 0. The molecular formula is C22H38N2O2. The number of rotatable bonds is 1. The van der Waals surface area contributed by atoms with Crippen LogP contribution in [-0.4, -0.2) is 23.7 Å². The highest BCUT2D eigenvalue weighted by molar-refractivity contribution is 5.93. The van der Waals surface area contributed by atoms with Gasteiger partial charge in [-0.3, -0.25) is 0 Å². The van der Waals surface area contributed by atoms with Crippen LogP contribution in [-0.2, 0) is 9.53 Å². The average molecular weight is 363 g/mol. The first-order valence-electron chi connectivity index (χ1n) is 9.71. The number of esters is 1. The fraction of sp³-hybridized carbons (Fsp3) is 0.864. The fourth-order valence-corrected chi connectivity index (χ4v) is 5.06. The molecule has 0 bridgehead atoms. The Morgan fingerprint density at radius 2 is 1.31 bits per heavy atom. The fourth-order valence-electron chi connectivity index (χ4n) is 5.06. The topological polar surface area (TPSA) is 51.0 Å². The Hall–Kier alpha value is -1.19. The maximum Gasteiger partial charge on any atom is 0.341 e. The van der Waals surface area contributed by atoms with E-state index in [-0.39, 0.29) is 22.2 Å². The van der Waals surface area contributed by atoms with Gasteiger partial charge in [-0.2, -0.15) is 10.2 Å². The Morgan fingerprint density at radius 1 is 0.846 bits per heavy atom. The van der Waals surface area contributed by atoms with Crippen molar-refractivity contribution in [3.05, 3.63) is 11.1 Å². The van der Waals surface area contributed by atoms with Gasteiger partial charge in [0.05, 0.1) is 12.0 Å². The molecule has 4 nitrogen and oxygen atoms in total. The Morgan fingerprint density at radius 3 is 1.65 bits per heavy atom. The van der Waals surface area contributed by atoms with E-state index in [1.54, 1.807) is 0 Å². The number of fused-ring (bicyclic) bond motifs is 1. The summed E-state index contributed by atoms with van der Waals surface area (Å²) in [6.07, 6.45) is 0. The van der Waals surface area contributed by atoms with E-state index < -0.39 is 16.6 Å². The Balaban J connectivity index is 2.88. The highest BCUT2D eigenvalue weighted by Gasteiger charge is 2.79. The summed E-state index contributed by atoms with van der Waals surface area (Å²) in [5.41, 5.74) is -0.0284. The Labute approximate surface area is 159 Å². The van der Waals surface area contributed by atoms with Crippen molar-refractivity contribution in [1.29, 1.82) is 0 Å². The zero-order valence-corrected chi connectivity index (χ0v) is 18.9. The van der Waals surface area contributed by atoms with E-state index in [1.165, 1.54) is 5.57 Å². The lowest BCUT2D eigenvalue weighted by Gasteiger charge is -2.65. The van der Waals surface area contributed by atoms with Gasteiger partial charge in [0.1, 0.15) is 5.60 Å². The van der Waals surface area contributed by atoms with E-state index >= 15 is 0 Å². The van der Waals surface area contributed by atoms with Gasteiger partial charge in [0.25, 0.3) is 0 Å². The standard InChI is InChI=1S/C22H38N2O2/c1-17(2,3)14-15(18(4,5)6)22(16(25)26-20(10,11)12)21(14,13-23-24-22)19(7,8)9/h13H2,1-12H3. The maximum absolute atomic E-state index is 13.6. The molecule has 0 aromatic rings. The van der Waals surface area contributed by atoms with Crippen LogP contribution >= 0.6 is 0 Å². The molecule has 0 fully saturated rings. The van der Waals surface area contributed by atoms with Crippen molar-refractivity contribution < 1.29 is 9.53 Å². The molecule has 0 N–H and O–H groups in total. The smallest absolute Gasteiger partial charge is 0.341 e. The number of azo groups is 1. The van der Waals surface area contributed by atoms with Crippen LogP contribution in [0.5, 0.6) is 0 Å². The van der Waals surface area contributed by atoms with E-state index in [2.05, 4.69) is 72.5 Å². The molecule has 4 heteroatoms. The maximum atomic E-state index is 13.6. The SMILES string of the molecule is CC(C)(C)OC(=O)C12N=NCC1(C(C)(C)C)C(C(C)(C)C)=C2C(C)(C)C.